The van der Waals surface area contributed by atoms with Crippen LogP contribution in [0.3, 0.4) is 0 Å². The summed E-state index contributed by atoms with van der Waals surface area (Å²) in [4.78, 5) is 12.7. The van der Waals surface area contributed by atoms with Gasteiger partial charge in [-0.15, -0.1) is 0 Å². The van der Waals surface area contributed by atoms with Crippen LogP contribution in [-0.2, 0) is 4.79 Å². The molecule has 0 radical (unpaired) electrons. The van der Waals surface area contributed by atoms with E-state index in [1.807, 2.05) is 6.92 Å². The van der Waals surface area contributed by atoms with Gasteiger partial charge in [0.05, 0.1) is 5.92 Å². The largest absolute Gasteiger partial charge is 0.349 e. The van der Waals surface area contributed by atoms with Gasteiger partial charge in [0.2, 0.25) is 5.91 Å². The number of nitrogens with two attached hydrogens (primary N) is 1. The van der Waals surface area contributed by atoms with Crippen LogP contribution >= 0.6 is 0 Å². The van der Waals surface area contributed by atoms with Crippen molar-refractivity contribution in [1.29, 1.82) is 0 Å². The van der Waals surface area contributed by atoms with E-state index in [9.17, 15) is 4.79 Å². The third-order valence-corrected chi connectivity index (χ3v) is 1.57. The Labute approximate surface area is 62.2 Å². The Bertz CT molecular complexity index is 108. The van der Waals surface area contributed by atoms with Crippen molar-refractivity contribution in [3.8, 4) is 0 Å². The van der Waals surface area contributed by atoms with E-state index in [0.717, 1.165) is 6.42 Å². The summed E-state index contributed by atoms with van der Waals surface area (Å²) in [6.07, 6.45) is 0.827. The van der Waals surface area contributed by atoms with Crippen LogP contribution in [0.1, 0.15) is 13.3 Å². The lowest BCUT2D eigenvalue weighted by molar-refractivity contribution is -0.132. The molecule has 0 aliphatic carbocycles. The number of amides is 1. The first-order valence-electron chi connectivity index (χ1n) is 3.54. The van der Waals surface area contributed by atoms with Gasteiger partial charge < -0.3 is 10.6 Å². The van der Waals surface area contributed by atoms with Gasteiger partial charge in [-0.05, 0) is 6.42 Å². The maximum absolute atomic E-state index is 11.2. The smallest absolute Gasteiger partial charge is 0.226 e. The first-order chi connectivity index (χ1) is 4.63. The van der Waals surface area contributed by atoms with Crippen molar-refractivity contribution < 1.29 is 4.79 Å². The van der Waals surface area contributed by atoms with Crippen molar-refractivity contribution >= 4 is 5.91 Å². The fourth-order valence-electron chi connectivity index (χ4n) is 0.807. The quantitative estimate of drug-likeness (QED) is 0.608. The third kappa shape index (κ3) is 2.35. The zero-order valence-corrected chi connectivity index (χ0v) is 6.92. The fourth-order valence-corrected chi connectivity index (χ4v) is 0.807. The van der Waals surface area contributed by atoms with E-state index < -0.39 is 0 Å². The standard InChI is InChI=1S/C7H16N2O/c1-4-6(5-8)7(10)9(2)3/h6H,4-5,8H2,1-3H3. The van der Waals surface area contributed by atoms with E-state index in [1.165, 1.54) is 0 Å². The van der Waals surface area contributed by atoms with Gasteiger partial charge >= 0.3 is 0 Å². The second-order valence-electron chi connectivity index (χ2n) is 2.57. The number of hydrogen-bond donors (Lipinski definition) is 1. The zero-order chi connectivity index (χ0) is 8.15. The SMILES string of the molecule is CCC(CN)C(=O)N(C)C. The number of carbonyl (C=O) groups excluding carboxylic acids is 1. The molecule has 3 heteroatoms. The van der Waals surface area contributed by atoms with Crippen LogP contribution < -0.4 is 5.73 Å². The van der Waals surface area contributed by atoms with Gasteiger partial charge in [0.15, 0.2) is 0 Å². The van der Waals surface area contributed by atoms with E-state index in [2.05, 4.69) is 0 Å². The molecule has 10 heavy (non-hydrogen) atoms. The van der Waals surface area contributed by atoms with Gasteiger partial charge in [0, 0.05) is 20.6 Å². The summed E-state index contributed by atoms with van der Waals surface area (Å²) in [5, 5.41) is 0. The maximum Gasteiger partial charge on any atom is 0.226 e. The molecule has 0 heterocycles. The molecule has 1 amide bonds. The van der Waals surface area contributed by atoms with Crippen LogP contribution in [0.4, 0.5) is 0 Å². The molecule has 60 valence electrons. The topological polar surface area (TPSA) is 46.3 Å². The summed E-state index contributed by atoms with van der Waals surface area (Å²) in [5.41, 5.74) is 5.37. The van der Waals surface area contributed by atoms with E-state index in [0.29, 0.717) is 6.54 Å². The predicted octanol–water partition coefficient (Wildman–Crippen LogP) is 0.0595. The molecular formula is C7H16N2O. The highest BCUT2D eigenvalue weighted by molar-refractivity contribution is 5.78. The molecule has 0 rings (SSSR count). The van der Waals surface area contributed by atoms with Gasteiger partial charge in [0.1, 0.15) is 0 Å². The van der Waals surface area contributed by atoms with Crippen LogP contribution in [0, 0.1) is 5.92 Å². The van der Waals surface area contributed by atoms with Gasteiger partial charge in [-0.3, -0.25) is 4.79 Å². The molecule has 0 fully saturated rings. The van der Waals surface area contributed by atoms with Gasteiger partial charge in [-0.2, -0.15) is 0 Å². The Balaban J connectivity index is 3.89. The molecule has 0 aromatic rings. The predicted molar refractivity (Wildman–Crippen MR) is 41.5 cm³/mol. The molecular weight excluding hydrogens is 128 g/mol. The zero-order valence-electron chi connectivity index (χ0n) is 6.92. The molecule has 0 bridgehead atoms. The van der Waals surface area contributed by atoms with Gasteiger partial charge in [-0.1, -0.05) is 6.92 Å². The van der Waals surface area contributed by atoms with Crippen molar-refractivity contribution in [2.24, 2.45) is 11.7 Å². The molecule has 0 aliphatic rings. The lowest BCUT2D eigenvalue weighted by Crippen LogP contribution is -2.33. The van der Waals surface area contributed by atoms with Crippen LogP contribution in [-0.4, -0.2) is 31.4 Å². The van der Waals surface area contributed by atoms with Gasteiger partial charge in [-0.25, -0.2) is 0 Å². The van der Waals surface area contributed by atoms with Crippen LogP contribution in [0.2, 0.25) is 0 Å². The normalized spacial score (nSPS) is 12.8. The first-order valence-corrected chi connectivity index (χ1v) is 3.54. The summed E-state index contributed by atoms with van der Waals surface area (Å²) in [5.74, 6) is 0.139. The molecule has 3 nitrogen and oxygen atoms in total. The molecule has 0 saturated heterocycles. The summed E-state index contributed by atoms with van der Waals surface area (Å²) in [7, 11) is 3.50. The van der Waals surface area contributed by atoms with Crippen molar-refractivity contribution in [2.45, 2.75) is 13.3 Å². The Morgan fingerprint density at radius 3 is 2.20 bits per heavy atom. The molecule has 0 aromatic carbocycles. The Morgan fingerprint density at radius 2 is 2.10 bits per heavy atom. The minimum atomic E-state index is 0.00926. The van der Waals surface area contributed by atoms with Crippen molar-refractivity contribution in [3.63, 3.8) is 0 Å². The minimum absolute atomic E-state index is 0.00926. The minimum Gasteiger partial charge on any atom is -0.349 e. The average molecular weight is 144 g/mol. The van der Waals surface area contributed by atoms with Crippen LogP contribution in [0.5, 0.6) is 0 Å². The molecule has 2 N–H and O–H groups in total. The highest BCUT2D eigenvalue weighted by Crippen LogP contribution is 2.02. The fraction of sp³-hybridized carbons (Fsp3) is 0.857. The van der Waals surface area contributed by atoms with Crippen molar-refractivity contribution in [3.05, 3.63) is 0 Å². The molecule has 0 spiro atoms. The van der Waals surface area contributed by atoms with Crippen molar-refractivity contribution in [1.82, 2.24) is 4.90 Å². The molecule has 1 atom stereocenters. The molecule has 0 saturated carbocycles. The molecule has 0 aromatic heterocycles. The van der Waals surface area contributed by atoms with Crippen molar-refractivity contribution in [2.75, 3.05) is 20.6 Å². The number of carbonyl (C=O) groups is 1. The lowest BCUT2D eigenvalue weighted by atomic mass is 10.1. The summed E-state index contributed by atoms with van der Waals surface area (Å²) >= 11 is 0. The third-order valence-electron chi connectivity index (χ3n) is 1.57. The highest BCUT2D eigenvalue weighted by atomic mass is 16.2. The Morgan fingerprint density at radius 1 is 1.60 bits per heavy atom. The van der Waals surface area contributed by atoms with Gasteiger partial charge in [0.25, 0.3) is 0 Å². The average Bonchev–Trinajstić information content (AvgIpc) is 1.90. The van der Waals surface area contributed by atoms with Crippen LogP contribution in [0.15, 0.2) is 0 Å². The highest BCUT2D eigenvalue weighted by Gasteiger charge is 2.15. The first kappa shape index (κ1) is 9.43. The number of rotatable bonds is 3. The monoisotopic (exact) mass is 144 g/mol. The summed E-state index contributed by atoms with van der Waals surface area (Å²) in [6.45, 7) is 2.42. The number of nitrogens with zero attached hydrogens (tertiary/aromatic N) is 1. The van der Waals surface area contributed by atoms with E-state index in [1.54, 1.807) is 19.0 Å². The molecule has 0 aliphatic heterocycles. The lowest BCUT2D eigenvalue weighted by Gasteiger charge is -2.16. The summed E-state index contributed by atoms with van der Waals surface area (Å²) in [6, 6.07) is 0. The van der Waals surface area contributed by atoms with E-state index >= 15 is 0 Å². The second kappa shape index (κ2) is 4.28. The summed E-state index contributed by atoms with van der Waals surface area (Å²) < 4.78 is 0. The molecule has 1 unspecified atom stereocenters. The number of hydrogen-bond acceptors (Lipinski definition) is 2. The Kier molecular flexibility index (Phi) is 4.03. The van der Waals surface area contributed by atoms with E-state index in [-0.39, 0.29) is 11.8 Å². The second-order valence-corrected chi connectivity index (χ2v) is 2.57. The maximum atomic E-state index is 11.2. The van der Waals surface area contributed by atoms with Crippen LogP contribution in [0.25, 0.3) is 0 Å². The van der Waals surface area contributed by atoms with E-state index in [4.69, 9.17) is 5.73 Å². The Hall–Kier alpha value is -0.570.